The van der Waals surface area contributed by atoms with Gasteiger partial charge >= 0.3 is 29.2 Å². The van der Waals surface area contributed by atoms with Crippen LogP contribution in [0.3, 0.4) is 0 Å². The normalized spacial score (nSPS) is 17.1. The number of aromatic nitrogens is 2. The molecule has 0 radical (unpaired) electrons. The summed E-state index contributed by atoms with van der Waals surface area (Å²) in [5, 5.41) is 9.81. The highest BCUT2D eigenvalue weighted by Gasteiger charge is 2.40. The van der Waals surface area contributed by atoms with Crippen molar-refractivity contribution in [3.05, 3.63) is 22.2 Å². The van der Waals surface area contributed by atoms with Crippen molar-refractivity contribution >= 4 is 29.3 Å². The van der Waals surface area contributed by atoms with Gasteiger partial charge < -0.3 is 30.4 Å². The molecule has 15 nitrogen and oxygen atoms in total. The van der Waals surface area contributed by atoms with Crippen molar-refractivity contribution in [3.63, 3.8) is 0 Å². The summed E-state index contributed by atoms with van der Waals surface area (Å²) >= 11 is 0. The molecule has 1 aromatic rings. The number of rotatable bonds is 9. The summed E-state index contributed by atoms with van der Waals surface area (Å²) in [4.78, 5) is 50.3. The molecule has 0 fully saturated rings. The van der Waals surface area contributed by atoms with Crippen molar-refractivity contribution < 1.29 is 51.5 Å². The first-order valence-corrected chi connectivity index (χ1v) is 11.4. The minimum atomic E-state index is -5.67. The number of aliphatic hydroxyl groups is 1. The van der Waals surface area contributed by atoms with E-state index in [1.807, 2.05) is 0 Å². The van der Waals surface area contributed by atoms with Gasteiger partial charge in [-0.25, -0.2) is 18.5 Å². The van der Waals surface area contributed by atoms with E-state index in [9.17, 15) is 28.5 Å². The molecule has 0 saturated heterocycles. The van der Waals surface area contributed by atoms with Gasteiger partial charge in [-0.15, -0.1) is 5.92 Å². The smallest absolute Gasteiger partial charge is 0.389 e. The first kappa shape index (κ1) is 24.6. The van der Waals surface area contributed by atoms with Gasteiger partial charge in [-0.2, -0.15) is 13.6 Å². The molecule has 18 heteroatoms. The van der Waals surface area contributed by atoms with Gasteiger partial charge in [-0.1, -0.05) is 5.92 Å². The molecule has 158 valence electrons. The van der Waals surface area contributed by atoms with Gasteiger partial charge in [0, 0.05) is 6.20 Å². The Kier molecular flexibility index (Phi) is 8.28. The van der Waals surface area contributed by atoms with Gasteiger partial charge in [0.2, 0.25) is 0 Å². The topological polar surface area (TPSA) is 241 Å². The van der Waals surface area contributed by atoms with Gasteiger partial charge in [0.25, 0.3) is 0 Å². The molecular formula is C10H16N3O12P3. The lowest BCUT2D eigenvalue weighted by molar-refractivity contribution is 0.0711. The van der Waals surface area contributed by atoms with Crippen molar-refractivity contribution in [1.82, 2.24) is 9.55 Å². The summed E-state index contributed by atoms with van der Waals surface area (Å²) in [6.07, 6.45) is -0.440. The number of hydrogen-bond donors (Lipinski definition) is 6. The van der Waals surface area contributed by atoms with Crippen LogP contribution in [0.25, 0.3) is 0 Å². The predicted octanol–water partition coefficient (Wildman–Crippen LogP) is -1.10. The van der Waals surface area contributed by atoms with Crippen LogP contribution in [0.15, 0.2) is 11.0 Å². The molecule has 0 saturated carbocycles. The molecule has 2 unspecified atom stereocenters. The third-order valence-electron chi connectivity index (χ3n) is 2.54. The van der Waals surface area contributed by atoms with E-state index in [1.165, 1.54) is 13.1 Å². The fraction of sp³-hybridized carbons (Fsp3) is 0.400. The van der Waals surface area contributed by atoms with Crippen LogP contribution in [0.5, 0.6) is 0 Å². The summed E-state index contributed by atoms with van der Waals surface area (Å²) in [6, 6.07) is 0. The Balaban J connectivity index is 2.77. The molecule has 1 aromatic heterocycles. The molecule has 0 bridgehead atoms. The molecule has 0 aliphatic heterocycles. The SMILES string of the molecule is CC#Cc1cn(C[C@H](O)COP(=O)(O)OP(=O)(O)OP(=O)(O)O)c(=O)nc1N. The van der Waals surface area contributed by atoms with Crippen LogP contribution in [0.4, 0.5) is 5.82 Å². The maximum absolute atomic E-state index is 11.7. The summed E-state index contributed by atoms with van der Waals surface area (Å²) in [5.74, 6) is 4.96. The van der Waals surface area contributed by atoms with Crippen molar-refractivity contribution in [2.24, 2.45) is 0 Å². The largest absolute Gasteiger partial charge is 0.490 e. The molecular weight excluding hydrogens is 447 g/mol. The predicted molar refractivity (Wildman–Crippen MR) is 91.3 cm³/mol. The van der Waals surface area contributed by atoms with Gasteiger partial charge in [0.1, 0.15) is 5.82 Å². The maximum Gasteiger partial charge on any atom is 0.490 e. The summed E-state index contributed by atoms with van der Waals surface area (Å²) in [5.41, 5.74) is 4.83. The zero-order chi connectivity index (χ0) is 21.8. The molecule has 0 aliphatic carbocycles. The van der Waals surface area contributed by atoms with Gasteiger partial charge in [0.15, 0.2) is 0 Å². The molecule has 0 spiro atoms. The Morgan fingerprint density at radius 1 is 1.21 bits per heavy atom. The second-order valence-corrected chi connectivity index (χ2v) is 9.31. The number of aliphatic hydroxyl groups excluding tert-OH is 1. The first-order valence-electron chi connectivity index (χ1n) is 6.90. The Labute approximate surface area is 157 Å². The molecule has 28 heavy (non-hydrogen) atoms. The fourth-order valence-electron chi connectivity index (χ4n) is 1.63. The van der Waals surface area contributed by atoms with Crippen molar-refractivity contribution in [2.45, 2.75) is 19.6 Å². The molecule has 1 rings (SSSR count). The number of phosphoric ester groups is 1. The first-order chi connectivity index (χ1) is 12.6. The van der Waals surface area contributed by atoms with E-state index in [0.29, 0.717) is 0 Å². The Hall–Kier alpha value is -1.39. The quantitative estimate of drug-likeness (QED) is 0.188. The summed E-state index contributed by atoms with van der Waals surface area (Å²) < 4.78 is 45.3. The van der Waals surface area contributed by atoms with Crippen LogP contribution in [0.2, 0.25) is 0 Å². The van der Waals surface area contributed by atoms with Crippen molar-refractivity contribution in [3.8, 4) is 11.8 Å². The van der Waals surface area contributed by atoms with Crippen LogP contribution in [-0.4, -0.2) is 46.9 Å². The van der Waals surface area contributed by atoms with Crippen LogP contribution < -0.4 is 11.4 Å². The third kappa shape index (κ3) is 8.74. The molecule has 0 aliphatic rings. The average molecular weight is 463 g/mol. The molecule has 1 heterocycles. The van der Waals surface area contributed by atoms with E-state index in [4.69, 9.17) is 20.4 Å². The zero-order valence-electron chi connectivity index (χ0n) is 14.0. The number of nitrogens with two attached hydrogens (primary N) is 1. The Bertz CT molecular complexity index is 975. The molecule has 0 aromatic carbocycles. The zero-order valence-corrected chi connectivity index (χ0v) is 16.7. The van der Waals surface area contributed by atoms with Crippen molar-refractivity contribution in [2.75, 3.05) is 12.3 Å². The second-order valence-electron chi connectivity index (χ2n) is 4.89. The standard InChI is InChI=1S/C10H16N3O12P3/c1-2-3-7-4-13(10(15)12-9(7)11)5-8(14)6-23-27(19,20)25-28(21,22)24-26(16,17)18/h4,8,14H,5-6H2,1H3,(H,19,20)(H,21,22)(H2,11,12,15)(H2,16,17,18)/t8-/m0/s1. The number of anilines is 1. The highest BCUT2D eigenvalue weighted by atomic mass is 31.3. The average Bonchev–Trinajstić information content (AvgIpc) is 2.46. The van der Waals surface area contributed by atoms with Crippen LogP contribution in [0.1, 0.15) is 12.5 Å². The molecule has 7 N–H and O–H groups in total. The Morgan fingerprint density at radius 2 is 1.82 bits per heavy atom. The van der Waals surface area contributed by atoms with Gasteiger partial charge in [-0.3, -0.25) is 9.09 Å². The minimum absolute atomic E-state index is 0.140. The lowest BCUT2D eigenvalue weighted by atomic mass is 10.3. The monoisotopic (exact) mass is 463 g/mol. The molecule has 3 atom stereocenters. The lowest BCUT2D eigenvalue weighted by Gasteiger charge is -2.18. The second kappa shape index (κ2) is 9.41. The van der Waals surface area contributed by atoms with E-state index in [2.05, 4.69) is 30.0 Å². The maximum atomic E-state index is 11.7. The van der Waals surface area contributed by atoms with Crippen LogP contribution in [0, 0.1) is 11.8 Å². The van der Waals surface area contributed by atoms with E-state index >= 15 is 0 Å². The van der Waals surface area contributed by atoms with E-state index < -0.39 is 48.4 Å². The number of nitrogens with zero attached hydrogens (tertiary/aromatic N) is 2. The van der Waals surface area contributed by atoms with E-state index in [1.54, 1.807) is 0 Å². The lowest BCUT2D eigenvalue weighted by Crippen LogP contribution is -2.31. The van der Waals surface area contributed by atoms with Crippen LogP contribution >= 0.6 is 23.5 Å². The third-order valence-corrected chi connectivity index (χ3v) is 6.34. The van der Waals surface area contributed by atoms with Crippen LogP contribution in [-0.2, 0) is 33.4 Å². The number of phosphoric acid groups is 3. The van der Waals surface area contributed by atoms with Crippen molar-refractivity contribution in [1.29, 1.82) is 0 Å². The molecule has 0 amide bonds. The Morgan fingerprint density at radius 3 is 2.36 bits per heavy atom. The summed E-state index contributed by atoms with van der Waals surface area (Å²) in [7, 11) is -16.6. The highest BCUT2D eigenvalue weighted by molar-refractivity contribution is 7.66. The highest BCUT2D eigenvalue weighted by Crippen LogP contribution is 2.66. The van der Waals surface area contributed by atoms with E-state index in [0.717, 1.165) is 4.57 Å². The summed E-state index contributed by atoms with van der Waals surface area (Å²) in [6.45, 7) is 0.0158. The van der Waals surface area contributed by atoms with E-state index in [-0.39, 0.29) is 11.4 Å². The minimum Gasteiger partial charge on any atom is -0.389 e. The fourth-order valence-corrected chi connectivity index (χ4v) is 4.68. The van der Waals surface area contributed by atoms with Gasteiger partial charge in [0.05, 0.1) is 24.8 Å². The number of hydrogen-bond acceptors (Lipinski definition) is 10. The van der Waals surface area contributed by atoms with Gasteiger partial charge in [-0.05, 0) is 6.92 Å². The number of nitrogen functional groups attached to an aromatic ring is 1.